The van der Waals surface area contributed by atoms with Crippen molar-refractivity contribution in [3.63, 3.8) is 0 Å². The number of phenols is 1. The molecule has 2 heteroatoms. The summed E-state index contributed by atoms with van der Waals surface area (Å²) in [6.07, 6.45) is 0. The summed E-state index contributed by atoms with van der Waals surface area (Å²) in [6.45, 7) is 4.04. The smallest absolute Gasteiger partial charge is 0.119 e. The predicted molar refractivity (Wildman–Crippen MR) is 71.2 cm³/mol. The second-order valence-corrected chi connectivity index (χ2v) is 4.45. The number of anilines is 1. The molecule has 2 aromatic rings. The number of aromatic hydroxyl groups is 1. The monoisotopic (exact) mass is 227 g/mol. The van der Waals surface area contributed by atoms with E-state index in [4.69, 9.17) is 5.73 Å². The van der Waals surface area contributed by atoms with Crippen molar-refractivity contribution >= 4 is 5.69 Å². The van der Waals surface area contributed by atoms with Gasteiger partial charge in [-0.15, -0.1) is 0 Å². The first-order chi connectivity index (χ1) is 8.08. The Morgan fingerprint density at radius 3 is 2.53 bits per heavy atom. The van der Waals surface area contributed by atoms with Crippen LogP contribution < -0.4 is 5.73 Å². The quantitative estimate of drug-likeness (QED) is 0.772. The summed E-state index contributed by atoms with van der Waals surface area (Å²) in [4.78, 5) is 0. The molecule has 0 bridgehead atoms. The summed E-state index contributed by atoms with van der Waals surface area (Å²) in [5.41, 5.74) is 9.63. The number of nitrogen functional groups attached to an aromatic ring is 1. The van der Waals surface area contributed by atoms with Crippen LogP contribution in [-0.2, 0) is 0 Å². The Labute approximate surface area is 102 Å². The molecule has 1 atom stereocenters. The van der Waals surface area contributed by atoms with Gasteiger partial charge in [0.05, 0.1) is 0 Å². The lowest BCUT2D eigenvalue weighted by molar-refractivity contribution is 0.465. The van der Waals surface area contributed by atoms with Crippen molar-refractivity contribution in [3.05, 3.63) is 59.2 Å². The van der Waals surface area contributed by atoms with E-state index < -0.39 is 0 Å². The maximum atomic E-state index is 9.96. The summed E-state index contributed by atoms with van der Waals surface area (Å²) in [7, 11) is 0. The average molecular weight is 227 g/mol. The number of phenolic OH excluding ortho intramolecular Hbond substituents is 1. The normalized spacial score (nSPS) is 12.4. The van der Waals surface area contributed by atoms with E-state index in [0.717, 1.165) is 22.4 Å². The highest BCUT2D eigenvalue weighted by Gasteiger charge is 2.12. The SMILES string of the molecule is Cc1ccc(C(C)c2cccc(N)c2)c(O)c1. The molecular formula is C15H17NO. The molecule has 17 heavy (non-hydrogen) atoms. The fourth-order valence-electron chi connectivity index (χ4n) is 2.03. The highest BCUT2D eigenvalue weighted by Crippen LogP contribution is 2.32. The molecule has 88 valence electrons. The van der Waals surface area contributed by atoms with Gasteiger partial charge in [0.15, 0.2) is 0 Å². The van der Waals surface area contributed by atoms with Crippen molar-refractivity contribution in [2.45, 2.75) is 19.8 Å². The Kier molecular flexibility index (Phi) is 3.05. The molecule has 1 unspecified atom stereocenters. The molecule has 0 amide bonds. The number of hydrogen-bond acceptors (Lipinski definition) is 2. The first-order valence-corrected chi connectivity index (χ1v) is 5.73. The zero-order valence-electron chi connectivity index (χ0n) is 10.1. The molecule has 2 rings (SSSR count). The number of hydrogen-bond donors (Lipinski definition) is 2. The highest BCUT2D eigenvalue weighted by molar-refractivity contribution is 5.47. The van der Waals surface area contributed by atoms with E-state index in [1.807, 2.05) is 43.3 Å². The van der Waals surface area contributed by atoms with E-state index in [1.54, 1.807) is 6.07 Å². The third-order valence-electron chi connectivity index (χ3n) is 3.06. The standard InChI is InChI=1S/C15H17NO/c1-10-6-7-14(15(17)8-10)11(2)12-4-3-5-13(16)9-12/h3-9,11,17H,16H2,1-2H3. The number of nitrogens with two attached hydrogens (primary N) is 1. The minimum atomic E-state index is 0.138. The molecule has 0 saturated carbocycles. The number of benzene rings is 2. The van der Waals surface area contributed by atoms with Gasteiger partial charge in [-0.3, -0.25) is 0 Å². The van der Waals surface area contributed by atoms with Crippen molar-refractivity contribution in [3.8, 4) is 5.75 Å². The van der Waals surface area contributed by atoms with Crippen LogP contribution in [0.1, 0.15) is 29.5 Å². The van der Waals surface area contributed by atoms with Gasteiger partial charge in [0.1, 0.15) is 5.75 Å². The van der Waals surface area contributed by atoms with E-state index in [2.05, 4.69) is 6.92 Å². The molecule has 0 aliphatic heterocycles. The molecule has 0 aliphatic rings. The van der Waals surface area contributed by atoms with Crippen molar-refractivity contribution in [1.82, 2.24) is 0 Å². The van der Waals surface area contributed by atoms with Gasteiger partial charge in [0, 0.05) is 17.2 Å². The topological polar surface area (TPSA) is 46.2 Å². The van der Waals surface area contributed by atoms with Gasteiger partial charge >= 0.3 is 0 Å². The van der Waals surface area contributed by atoms with Crippen molar-refractivity contribution < 1.29 is 5.11 Å². The van der Waals surface area contributed by atoms with Crippen LogP contribution in [0.2, 0.25) is 0 Å². The summed E-state index contributed by atoms with van der Waals surface area (Å²) in [5, 5.41) is 9.96. The summed E-state index contributed by atoms with van der Waals surface area (Å²) < 4.78 is 0. The van der Waals surface area contributed by atoms with Gasteiger partial charge in [-0.1, -0.05) is 31.2 Å². The number of rotatable bonds is 2. The van der Waals surface area contributed by atoms with Gasteiger partial charge in [-0.25, -0.2) is 0 Å². The molecule has 2 nitrogen and oxygen atoms in total. The number of aryl methyl sites for hydroxylation is 1. The van der Waals surface area contributed by atoms with Crippen molar-refractivity contribution in [2.75, 3.05) is 5.73 Å². The molecule has 0 spiro atoms. The van der Waals surface area contributed by atoms with Gasteiger partial charge in [0.25, 0.3) is 0 Å². The Hall–Kier alpha value is -1.96. The van der Waals surface area contributed by atoms with Crippen LogP contribution >= 0.6 is 0 Å². The molecule has 0 heterocycles. The van der Waals surface area contributed by atoms with Crippen LogP contribution in [0.15, 0.2) is 42.5 Å². The molecule has 0 saturated heterocycles. The van der Waals surface area contributed by atoms with Crippen LogP contribution in [0.3, 0.4) is 0 Å². The molecule has 2 aromatic carbocycles. The molecule has 0 aromatic heterocycles. The zero-order chi connectivity index (χ0) is 12.4. The molecule has 0 fully saturated rings. The van der Waals surface area contributed by atoms with Gasteiger partial charge in [0.2, 0.25) is 0 Å². The van der Waals surface area contributed by atoms with E-state index in [9.17, 15) is 5.11 Å². The maximum absolute atomic E-state index is 9.96. The molecule has 0 radical (unpaired) electrons. The molecule has 3 N–H and O–H groups in total. The Bertz CT molecular complexity index is 534. The van der Waals surface area contributed by atoms with E-state index in [-0.39, 0.29) is 5.92 Å². The summed E-state index contributed by atoms with van der Waals surface area (Å²) in [5.74, 6) is 0.485. The van der Waals surface area contributed by atoms with E-state index in [0.29, 0.717) is 5.75 Å². The first kappa shape index (κ1) is 11.5. The lowest BCUT2D eigenvalue weighted by atomic mass is 9.91. The van der Waals surface area contributed by atoms with Crippen LogP contribution in [-0.4, -0.2) is 5.11 Å². The zero-order valence-corrected chi connectivity index (χ0v) is 10.1. The average Bonchev–Trinajstić information content (AvgIpc) is 2.28. The third kappa shape index (κ3) is 2.41. The fraction of sp³-hybridized carbons (Fsp3) is 0.200. The van der Waals surface area contributed by atoms with Crippen LogP contribution in [0.25, 0.3) is 0 Å². The Morgan fingerprint density at radius 1 is 1.12 bits per heavy atom. The predicted octanol–water partition coefficient (Wildman–Crippen LogP) is 3.43. The molecule has 0 aliphatic carbocycles. The van der Waals surface area contributed by atoms with Crippen molar-refractivity contribution in [2.24, 2.45) is 0 Å². The first-order valence-electron chi connectivity index (χ1n) is 5.73. The lowest BCUT2D eigenvalue weighted by Crippen LogP contribution is -1.98. The van der Waals surface area contributed by atoms with E-state index in [1.165, 1.54) is 0 Å². The van der Waals surface area contributed by atoms with Crippen LogP contribution in [0.5, 0.6) is 5.75 Å². The Morgan fingerprint density at radius 2 is 1.88 bits per heavy atom. The van der Waals surface area contributed by atoms with Crippen LogP contribution in [0, 0.1) is 6.92 Å². The molecular weight excluding hydrogens is 210 g/mol. The van der Waals surface area contributed by atoms with Gasteiger partial charge in [-0.2, -0.15) is 0 Å². The largest absolute Gasteiger partial charge is 0.508 e. The summed E-state index contributed by atoms with van der Waals surface area (Å²) in [6, 6.07) is 13.6. The highest BCUT2D eigenvalue weighted by atomic mass is 16.3. The second-order valence-electron chi connectivity index (χ2n) is 4.45. The minimum Gasteiger partial charge on any atom is -0.508 e. The van der Waals surface area contributed by atoms with Crippen molar-refractivity contribution in [1.29, 1.82) is 0 Å². The fourth-order valence-corrected chi connectivity index (χ4v) is 2.03. The lowest BCUT2D eigenvalue weighted by Gasteiger charge is -2.15. The Balaban J connectivity index is 2.40. The minimum absolute atomic E-state index is 0.138. The van der Waals surface area contributed by atoms with Crippen LogP contribution in [0.4, 0.5) is 5.69 Å². The maximum Gasteiger partial charge on any atom is 0.119 e. The van der Waals surface area contributed by atoms with E-state index >= 15 is 0 Å². The second kappa shape index (κ2) is 4.50. The van der Waals surface area contributed by atoms with Gasteiger partial charge in [-0.05, 0) is 36.2 Å². The summed E-state index contributed by atoms with van der Waals surface area (Å²) >= 11 is 0. The third-order valence-corrected chi connectivity index (χ3v) is 3.06. The van der Waals surface area contributed by atoms with Gasteiger partial charge < -0.3 is 10.8 Å².